The first-order chi connectivity index (χ1) is 9.75. The van der Waals surface area contributed by atoms with Crippen LogP contribution in [0.2, 0.25) is 0 Å². The van der Waals surface area contributed by atoms with Gasteiger partial charge in [-0.05, 0) is 44.4 Å². The molecule has 1 fully saturated rings. The van der Waals surface area contributed by atoms with E-state index in [9.17, 15) is 0 Å². The molecule has 2 heterocycles. The minimum Gasteiger partial charge on any atom is -0.256 e. The van der Waals surface area contributed by atoms with Crippen LogP contribution in [0.25, 0.3) is 10.9 Å². The van der Waals surface area contributed by atoms with E-state index in [1.807, 2.05) is 12.3 Å². The lowest BCUT2D eigenvalue weighted by Crippen LogP contribution is -2.51. The molecule has 0 spiro atoms. The normalized spacial score (nSPS) is 24.1. The van der Waals surface area contributed by atoms with E-state index in [0.29, 0.717) is 12.1 Å². The maximum atomic E-state index is 4.43. The molecule has 1 N–H and O–H groups in total. The van der Waals surface area contributed by atoms with Gasteiger partial charge in [-0.15, -0.1) is 0 Å². The first-order valence-corrected chi connectivity index (χ1v) is 7.60. The molecule has 1 aromatic carbocycles. The highest BCUT2D eigenvalue weighted by atomic mass is 15.5. The van der Waals surface area contributed by atoms with Crippen molar-refractivity contribution in [1.29, 1.82) is 0 Å². The van der Waals surface area contributed by atoms with Gasteiger partial charge in [0.2, 0.25) is 0 Å². The maximum Gasteiger partial charge on any atom is 0.0705 e. The third-order valence-corrected chi connectivity index (χ3v) is 4.38. The highest BCUT2D eigenvalue weighted by Crippen LogP contribution is 2.21. The first kappa shape index (κ1) is 13.5. The summed E-state index contributed by atoms with van der Waals surface area (Å²) in [5.74, 6) is 0. The van der Waals surface area contributed by atoms with E-state index in [4.69, 9.17) is 0 Å². The van der Waals surface area contributed by atoms with Crippen molar-refractivity contribution in [1.82, 2.24) is 15.4 Å². The molecule has 106 valence electrons. The van der Waals surface area contributed by atoms with Crippen LogP contribution in [0.3, 0.4) is 0 Å². The van der Waals surface area contributed by atoms with Crippen LogP contribution in [0.1, 0.15) is 38.7 Å². The monoisotopic (exact) mass is 269 g/mol. The molecule has 0 radical (unpaired) electrons. The number of nitrogens with zero attached hydrogens (tertiary/aromatic N) is 2. The summed E-state index contributed by atoms with van der Waals surface area (Å²) in [6.07, 6.45) is 5.82. The predicted molar refractivity (Wildman–Crippen MR) is 83.2 cm³/mol. The van der Waals surface area contributed by atoms with E-state index in [1.54, 1.807) is 0 Å². The summed E-state index contributed by atoms with van der Waals surface area (Å²) >= 11 is 0. The Balaban J connectivity index is 1.76. The third kappa shape index (κ3) is 2.69. The number of fused-ring (bicyclic) bond motifs is 1. The van der Waals surface area contributed by atoms with Gasteiger partial charge in [0.15, 0.2) is 0 Å². The number of aromatic nitrogens is 1. The lowest BCUT2D eigenvalue weighted by molar-refractivity contribution is 0.0437. The van der Waals surface area contributed by atoms with Crippen LogP contribution in [0.4, 0.5) is 0 Å². The molecule has 3 rings (SSSR count). The lowest BCUT2D eigenvalue weighted by atomic mass is 10.00. The summed E-state index contributed by atoms with van der Waals surface area (Å²) < 4.78 is 0. The molecule has 2 aromatic rings. The molecule has 1 aromatic heterocycles. The molecule has 0 bridgehead atoms. The summed E-state index contributed by atoms with van der Waals surface area (Å²) in [6, 6.07) is 11.7. The Morgan fingerprint density at radius 1 is 1.15 bits per heavy atom. The van der Waals surface area contributed by atoms with Crippen LogP contribution < -0.4 is 5.43 Å². The average Bonchev–Trinajstić information content (AvgIpc) is 2.47. The molecular weight excluding hydrogens is 246 g/mol. The van der Waals surface area contributed by atoms with Crippen LogP contribution in [0.5, 0.6) is 0 Å². The molecule has 3 heteroatoms. The Morgan fingerprint density at radius 3 is 2.70 bits per heavy atom. The number of nitrogens with one attached hydrogen (secondary N) is 1. The molecule has 3 nitrogen and oxygen atoms in total. The Kier molecular flexibility index (Phi) is 3.99. The van der Waals surface area contributed by atoms with Crippen molar-refractivity contribution < 1.29 is 0 Å². The zero-order chi connectivity index (χ0) is 13.9. The van der Waals surface area contributed by atoms with E-state index >= 15 is 0 Å². The van der Waals surface area contributed by atoms with Gasteiger partial charge in [-0.2, -0.15) is 0 Å². The van der Waals surface area contributed by atoms with E-state index in [2.05, 4.69) is 53.5 Å². The number of rotatable bonds is 3. The summed E-state index contributed by atoms with van der Waals surface area (Å²) in [5, 5.41) is 3.68. The fourth-order valence-electron chi connectivity index (χ4n) is 3.22. The van der Waals surface area contributed by atoms with Gasteiger partial charge >= 0.3 is 0 Å². The zero-order valence-corrected chi connectivity index (χ0v) is 12.3. The Labute approximate surface area is 121 Å². The van der Waals surface area contributed by atoms with Gasteiger partial charge < -0.3 is 0 Å². The molecule has 2 atom stereocenters. The van der Waals surface area contributed by atoms with E-state index < -0.39 is 0 Å². The molecule has 0 saturated carbocycles. The van der Waals surface area contributed by atoms with Crippen LogP contribution >= 0.6 is 0 Å². The number of piperidine rings is 1. The van der Waals surface area contributed by atoms with Gasteiger partial charge in [-0.1, -0.05) is 24.6 Å². The predicted octanol–water partition coefficient (Wildman–Crippen LogP) is 3.50. The Morgan fingerprint density at radius 2 is 1.90 bits per heavy atom. The lowest BCUT2D eigenvalue weighted by Gasteiger charge is -2.39. The van der Waals surface area contributed by atoms with Crippen molar-refractivity contribution in [3.63, 3.8) is 0 Å². The number of hydrogen-bond acceptors (Lipinski definition) is 3. The fraction of sp³-hybridized carbons (Fsp3) is 0.471. The molecule has 2 unspecified atom stereocenters. The van der Waals surface area contributed by atoms with Crippen molar-refractivity contribution in [3.05, 3.63) is 42.1 Å². The SMILES string of the molecule is CC1CCCC(C)N1NCc1ccnc2ccccc12. The number of benzene rings is 1. The highest BCUT2D eigenvalue weighted by molar-refractivity contribution is 5.81. The third-order valence-electron chi connectivity index (χ3n) is 4.38. The van der Waals surface area contributed by atoms with Crippen LogP contribution in [0.15, 0.2) is 36.5 Å². The molecule has 0 amide bonds. The Hall–Kier alpha value is -1.45. The van der Waals surface area contributed by atoms with Crippen molar-refractivity contribution in [2.24, 2.45) is 0 Å². The van der Waals surface area contributed by atoms with Crippen LogP contribution in [-0.4, -0.2) is 22.1 Å². The van der Waals surface area contributed by atoms with E-state index in [-0.39, 0.29) is 0 Å². The molecule has 1 saturated heterocycles. The summed E-state index contributed by atoms with van der Waals surface area (Å²) in [4.78, 5) is 4.43. The molecular formula is C17H23N3. The highest BCUT2D eigenvalue weighted by Gasteiger charge is 2.24. The molecule has 0 aliphatic carbocycles. The zero-order valence-electron chi connectivity index (χ0n) is 12.3. The molecule has 1 aliphatic heterocycles. The number of para-hydroxylation sites is 1. The topological polar surface area (TPSA) is 28.2 Å². The summed E-state index contributed by atoms with van der Waals surface area (Å²) in [7, 11) is 0. The van der Waals surface area contributed by atoms with E-state index in [1.165, 1.54) is 30.2 Å². The van der Waals surface area contributed by atoms with Crippen molar-refractivity contribution in [2.75, 3.05) is 0 Å². The Bertz CT molecular complexity index is 566. The van der Waals surface area contributed by atoms with Crippen molar-refractivity contribution in [3.8, 4) is 0 Å². The number of hydrogen-bond donors (Lipinski definition) is 1. The second kappa shape index (κ2) is 5.90. The van der Waals surface area contributed by atoms with Crippen molar-refractivity contribution >= 4 is 10.9 Å². The van der Waals surface area contributed by atoms with Gasteiger partial charge in [0.1, 0.15) is 0 Å². The van der Waals surface area contributed by atoms with Gasteiger partial charge in [0.05, 0.1) is 5.52 Å². The van der Waals surface area contributed by atoms with Gasteiger partial charge in [0, 0.05) is 30.2 Å². The summed E-state index contributed by atoms with van der Waals surface area (Å²) in [6.45, 7) is 5.50. The summed E-state index contributed by atoms with van der Waals surface area (Å²) in [5.41, 5.74) is 6.03. The number of hydrazine groups is 1. The quantitative estimate of drug-likeness (QED) is 0.924. The smallest absolute Gasteiger partial charge is 0.0705 e. The van der Waals surface area contributed by atoms with Gasteiger partial charge in [-0.25, -0.2) is 5.01 Å². The standard InChI is InChI=1S/C17H23N3/c1-13-6-5-7-14(2)20(13)19-12-15-10-11-18-17-9-4-3-8-16(15)17/h3-4,8-11,13-14,19H,5-7,12H2,1-2H3. The van der Waals surface area contributed by atoms with Gasteiger partial charge in [0.25, 0.3) is 0 Å². The maximum absolute atomic E-state index is 4.43. The van der Waals surface area contributed by atoms with E-state index in [0.717, 1.165) is 12.1 Å². The second-order valence-electron chi connectivity index (χ2n) is 5.86. The molecule has 1 aliphatic rings. The minimum atomic E-state index is 0.617. The van der Waals surface area contributed by atoms with Gasteiger partial charge in [-0.3, -0.25) is 10.4 Å². The average molecular weight is 269 g/mol. The first-order valence-electron chi connectivity index (χ1n) is 7.60. The second-order valence-corrected chi connectivity index (χ2v) is 5.86. The largest absolute Gasteiger partial charge is 0.256 e. The number of pyridine rings is 1. The van der Waals surface area contributed by atoms with Crippen molar-refractivity contribution in [2.45, 2.75) is 51.7 Å². The van der Waals surface area contributed by atoms with Crippen LogP contribution in [0, 0.1) is 0 Å². The van der Waals surface area contributed by atoms with Crippen LogP contribution in [-0.2, 0) is 6.54 Å². The minimum absolute atomic E-state index is 0.617. The molecule has 20 heavy (non-hydrogen) atoms. The fourth-order valence-corrected chi connectivity index (χ4v) is 3.22.